The van der Waals surface area contributed by atoms with Gasteiger partial charge in [0, 0.05) is 29.2 Å². The summed E-state index contributed by atoms with van der Waals surface area (Å²) < 4.78 is 8.12. The zero-order chi connectivity index (χ0) is 33.6. The van der Waals surface area contributed by atoms with E-state index in [4.69, 9.17) is 38.0 Å². The van der Waals surface area contributed by atoms with Crippen LogP contribution in [0, 0.1) is 5.92 Å². The van der Waals surface area contributed by atoms with Gasteiger partial charge >= 0.3 is 5.97 Å². The minimum absolute atomic E-state index is 0.0267. The van der Waals surface area contributed by atoms with Crippen molar-refractivity contribution in [1.82, 2.24) is 14.9 Å². The highest BCUT2D eigenvalue weighted by Gasteiger charge is 2.44. The third-order valence-corrected chi connectivity index (χ3v) is 9.27. The number of aryl methyl sites for hydroxylation is 1. The molecule has 1 amide bonds. The van der Waals surface area contributed by atoms with Crippen LogP contribution in [0.4, 0.5) is 0 Å². The summed E-state index contributed by atoms with van der Waals surface area (Å²) in [5.74, 6) is 0.665. The van der Waals surface area contributed by atoms with Crippen LogP contribution in [-0.2, 0) is 24.4 Å². The number of rotatable bonds is 14. The van der Waals surface area contributed by atoms with E-state index in [1.54, 1.807) is 36.4 Å². The Hall–Kier alpha value is -4.59. The van der Waals surface area contributed by atoms with Crippen molar-refractivity contribution in [3.8, 4) is 17.0 Å². The molecule has 1 fully saturated rings. The Morgan fingerprint density at radius 1 is 0.979 bits per heavy atom. The Morgan fingerprint density at radius 3 is 2.40 bits per heavy atom. The molecule has 246 valence electrons. The molecule has 2 N–H and O–H groups in total. The number of benzene rings is 4. The third-order valence-electron chi connectivity index (χ3n) is 8.72. The lowest BCUT2D eigenvalue weighted by Crippen LogP contribution is -2.33. The summed E-state index contributed by atoms with van der Waals surface area (Å²) in [5.41, 5.74) is 4.83. The van der Waals surface area contributed by atoms with Crippen molar-refractivity contribution < 1.29 is 19.4 Å². The SMILES string of the molecule is CCCCn1cc(-c2ccc(Cl)cc2Cl)nc1[C@H](Cc1ccc(OCc2ccc(C(=O)O)cc2)cc1)NC(=O)[C@@H]1C[C@H]1c1ccccc1. The summed E-state index contributed by atoms with van der Waals surface area (Å²) in [7, 11) is 0. The van der Waals surface area contributed by atoms with Crippen LogP contribution in [0.5, 0.6) is 5.75 Å². The highest BCUT2D eigenvalue weighted by Crippen LogP contribution is 2.47. The largest absolute Gasteiger partial charge is 0.489 e. The van der Waals surface area contributed by atoms with E-state index in [-0.39, 0.29) is 29.3 Å². The van der Waals surface area contributed by atoms with E-state index >= 15 is 0 Å². The number of aromatic carboxylic acids is 1. The first kappa shape index (κ1) is 33.3. The smallest absolute Gasteiger partial charge is 0.335 e. The number of imidazole rings is 1. The lowest BCUT2D eigenvalue weighted by molar-refractivity contribution is -0.123. The van der Waals surface area contributed by atoms with Gasteiger partial charge in [0.1, 0.15) is 18.2 Å². The normalized spacial score (nSPS) is 15.9. The van der Waals surface area contributed by atoms with Crippen molar-refractivity contribution >= 4 is 35.1 Å². The molecule has 1 aliphatic rings. The summed E-state index contributed by atoms with van der Waals surface area (Å²) in [5, 5.41) is 13.6. The van der Waals surface area contributed by atoms with E-state index in [0.717, 1.165) is 54.0 Å². The molecule has 0 saturated heterocycles. The number of hydrogen-bond donors (Lipinski definition) is 2. The molecule has 0 aliphatic heterocycles. The van der Waals surface area contributed by atoms with Gasteiger partial charge in [-0.05, 0) is 84.3 Å². The van der Waals surface area contributed by atoms with E-state index in [1.807, 2.05) is 54.7 Å². The number of carbonyl (C=O) groups excluding carboxylic acids is 1. The fourth-order valence-corrected chi connectivity index (χ4v) is 6.45. The summed E-state index contributed by atoms with van der Waals surface area (Å²) in [6.07, 6.45) is 5.34. The van der Waals surface area contributed by atoms with E-state index in [0.29, 0.717) is 28.8 Å². The maximum Gasteiger partial charge on any atom is 0.335 e. The topological polar surface area (TPSA) is 93.5 Å². The predicted octanol–water partition coefficient (Wildman–Crippen LogP) is 9.14. The van der Waals surface area contributed by atoms with Crippen LogP contribution >= 0.6 is 23.2 Å². The van der Waals surface area contributed by atoms with Gasteiger partial charge in [-0.15, -0.1) is 0 Å². The fraction of sp³-hybridized carbons (Fsp3) is 0.256. The molecule has 1 saturated carbocycles. The number of unbranched alkanes of at least 4 members (excludes halogenated alkanes) is 1. The molecule has 4 aromatic carbocycles. The van der Waals surface area contributed by atoms with Gasteiger partial charge in [-0.1, -0.05) is 91.1 Å². The van der Waals surface area contributed by atoms with E-state index in [2.05, 4.69) is 28.9 Å². The van der Waals surface area contributed by atoms with Crippen LogP contribution in [-0.4, -0.2) is 26.5 Å². The fourth-order valence-electron chi connectivity index (χ4n) is 5.95. The van der Waals surface area contributed by atoms with Crippen LogP contribution in [0.25, 0.3) is 11.3 Å². The molecule has 1 heterocycles. The lowest BCUT2D eigenvalue weighted by Gasteiger charge is -2.20. The molecule has 0 bridgehead atoms. The first-order valence-corrected chi connectivity index (χ1v) is 17.0. The monoisotopic (exact) mass is 681 g/mol. The van der Waals surface area contributed by atoms with Crippen molar-refractivity contribution in [3.05, 3.63) is 141 Å². The Balaban J connectivity index is 1.24. The average Bonchev–Trinajstić information content (AvgIpc) is 3.80. The highest BCUT2D eigenvalue weighted by atomic mass is 35.5. The standard InChI is InChI=1S/C39H37Cl2N3O4/c1-2-3-19-44-23-36(31-18-15-29(40)21-34(31)41)42-37(44)35(43-38(45)33-22-32(33)27-7-5-4-6-8-27)20-25-11-16-30(17-12-25)48-24-26-9-13-28(14-10-26)39(46)47/h4-18,21,23,32-33,35H,2-3,19-20,22,24H2,1H3,(H,43,45)(H,46,47)/t32-,33+,35-/m0/s1. The zero-order valence-corrected chi connectivity index (χ0v) is 28.1. The number of ether oxygens (including phenoxy) is 1. The van der Waals surface area contributed by atoms with Crippen LogP contribution in [0.2, 0.25) is 10.0 Å². The van der Waals surface area contributed by atoms with Gasteiger partial charge in [-0.2, -0.15) is 0 Å². The predicted molar refractivity (Wildman–Crippen MR) is 189 cm³/mol. The van der Waals surface area contributed by atoms with Gasteiger partial charge in [-0.3, -0.25) is 4.79 Å². The molecule has 1 aromatic heterocycles. The number of carboxylic acids is 1. The second-order valence-electron chi connectivity index (χ2n) is 12.2. The minimum Gasteiger partial charge on any atom is -0.489 e. The number of aromatic nitrogens is 2. The number of nitrogens with one attached hydrogen (secondary N) is 1. The number of carboxylic acid groups (broad SMARTS) is 1. The first-order valence-electron chi connectivity index (χ1n) is 16.2. The van der Waals surface area contributed by atoms with Gasteiger partial charge in [0.25, 0.3) is 0 Å². The Labute approximate surface area is 290 Å². The summed E-state index contributed by atoms with van der Waals surface area (Å²) in [6, 6.07) is 29.7. The van der Waals surface area contributed by atoms with Gasteiger partial charge in [0.2, 0.25) is 5.91 Å². The molecule has 7 nitrogen and oxygen atoms in total. The van der Waals surface area contributed by atoms with E-state index < -0.39 is 5.97 Å². The second kappa shape index (κ2) is 15.1. The summed E-state index contributed by atoms with van der Waals surface area (Å²) >= 11 is 12.8. The minimum atomic E-state index is -0.960. The van der Waals surface area contributed by atoms with Crippen molar-refractivity contribution in [2.45, 2.75) is 57.7 Å². The number of carbonyl (C=O) groups is 2. The van der Waals surface area contributed by atoms with Gasteiger partial charge in [0.15, 0.2) is 0 Å². The molecule has 0 unspecified atom stereocenters. The lowest BCUT2D eigenvalue weighted by atomic mass is 10.0. The molecule has 1 aliphatic carbocycles. The number of hydrogen-bond acceptors (Lipinski definition) is 4. The Bertz CT molecular complexity index is 1870. The molecule has 48 heavy (non-hydrogen) atoms. The second-order valence-corrected chi connectivity index (χ2v) is 13.1. The van der Waals surface area contributed by atoms with Crippen molar-refractivity contribution in [3.63, 3.8) is 0 Å². The average molecular weight is 683 g/mol. The van der Waals surface area contributed by atoms with Crippen LogP contribution in [0.1, 0.15) is 71.0 Å². The van der Waals surface area contributed by atoms with Crippen LogP contribution < -0.4 is 10.1 Å². The van der Waals surface area contributed by atoms with Crippen LogP contribution in [0.3, 0.4) is 0 Å². The van der Waals surface area contributed by atoms with Crippen molar-refractivity contribution in [1.29, 1.82) is 0 Å². The Kier molecular flexibility index (Phi) is 10.5. The molecule has 0 spiro atoms. The molecule has 5 aromatic rings. The number of halogens is 2. The van der Waals surface area contributed by atoms with Crippen LogP contribution in [0.15, 0.2) is 103 Å². The first-order chi connectivity index (χ1) is 23.3. The maximum atomic E-state index is 13.8. The quantitative estimate of drug-likeness (QED) is 0.122. The molecule has 6 rings (SSSR count). The molecular formula is C39H37Cl2N3O4. The highest BCUT2D eigenvalue weighted by molar-refractivity contribution is 6.36. The Morgan fingerprint density at radius 2 is 1.71 bits per heavy atom. The van der Waals surface area contributed by atoms with Crippen molar-refractivity contribution in [2.24, 2.45) is 5.92 Å². The molecule has 3 atom stereocenters. The maximum absolute atomic E-state index is 13.8. The summed E-state index contributed by atoms with van der Waals surface area (Å²) in [6.45, 7) is 3.22. The molecule has 9 heteroatoms. The summed E-state index contributed by atoms with van der Waals surface area (Å²) in [4.78, 5) is 30.0. The third kappa shape index (κ3) is 8.09. The van der Waals surface area contributed by atoms with Gasteiger partial charge in [-0.25, -0.2) is 9.78 Å². The van der Waals surface area contributed by atoms with E-state index in [9.17, 15) is 9.59 Å². The van der Waals surface area contributed by atoms with Gasteiger partial charge in [0.05, 0.1) is 22.3 Å². The van der Waals surface area contributed by atoms with E-state index in [1.165, 1.54) is 5.56 Å². The van der Waals surface area contributed by atoms with Gasteiger partial charge < -0.3 is 19.7 Å². The molecule has 0 radical (unpaired) electrons. The number of nitrogens with zero attached hydrogens (tertiary/aromatic N) is 2. The number of amides is 1. The molecular weight excluding hydrogens is 645 g/mol. The zero-order valence-electron chi connectivity index (χ0n) is 26.6. The van der Waals surface area contributed by atoms with Crippen molar-refractivity contribution in [2.75, 3.05) is 0 Å².